The summed E-state index contributed by atoms with van der Waals surface area (Å²) in [6.07, 6.45) is 14.6. The highest BCUT2D eigenvalue weighted by molar-refractivity contribution is 5.92. The van der Waals surface area contributed by atoms with Crippen molar-refractivity contribution in [3.8, 4) is 0 Å². The van der Waals surface area contributed by atoms with E-state index in [1.807, 2.05) is 19.3 Å². The fourth-order valence-electron chi connectivity index (χ4n) is 3.63. The summed E-state index contributed by atoms with van der Waals surface area (Å²) in [7, 11) is 0. The Morgan fingerprint density at radius 1 is 1.25 bits per heavy atom. The molecule has 0 saturated carbocycles. The molecule has 0 N–H and O–H groups in total. The van der Waals surface area contributed by atoms with Gasteiger partial charge in [0.15, 0.2) is 0 Å². The van der Waals surface area contributed by atoms with Gasteiger partial charge in [0.1, 0.15) is 11.6 Å². The van der Waals surface area contributed by atoms with Crippen LogP contribution in [0.15, 0.2) is 36.7 Å². The Balaban J connectivity index is 1.46. The highest BCUT2D eigenvalue weighted by Gasteiger charge is 2.23. The lowest BCUT2D eigenvalue weighted by molar-refractivity contribution is -0.116. The van der Waals surface area contributed by atoms with Gasteiger partial charge in [-0.05, 0) is 62.6 Å². The van der Waals surface area contributed by atoms with Crippen LogP contribution in [0.25, 0.3) is 0 Å². The molecule has 28 heavy (non-hydrogen) atoms. The number of rotatable bonds is 8. The van der Waals surface area contributed by atoms with Crippen molar-refractivity contribution in [3.63, 3.8) is 0 Å². The molecule has 1 unspecified atom stereocenters. The van der Waals surface area contributed by atoms with Crippen LogP contribution in [0.5, 0.6) is 0 Å². The van der Waals surface area contributed by atoms with Crippen molar-refractivity contribution in [1.82, 2.24) is 15.0 Å². The van der Waals surface area contributed by atoms with E-state index in [2.05, 4.69) is 41.2 Å². The van der Waals surface area contributed by atoms with Crippen molar-refractivity contribution in [2.24, 2.45) is 0 Å². The van der Waals surface area contributed by atoms with E-state index >= 15 is 0 Å². The van der Waals surface area contributed by atoms with Crippen molar-refractivity contribution >= 4 is 11.7 Å². The standard InChI is InChI=1S/C23H30N4O/c1-4-19(21-15-24-17(2)25-16-21)9-7-5-6-8-10-22-12-11-20-13-14-27(18(3)28)23(20)26-22/h7,9,11-12,15-16,19H,4-6,8,10,13-14H2,1-3H3/b9-7+. The molecule has 2 aromatic heterocycles. The van der Waals surface area contributed by atoms with E-state index in [9.17, 15) is 4.79 Å². The van der Waals surface area contributed by atoms with Crippen LogP contribution in [-0.2, 0) is 17.6 Å². The van der Waals surface area contributed by atoms with E-state index in [1.165, 1.54) is 11.1 Å². The zero-order valence-corrected chi connectivity index (χ0v) is 17.2. The summed E-state index contributed by atoms with van der Waals surface area (Å²) in [5.74, 6) is 2.15. The van der Waals surface area contributed by atoms with Gasteiger partial charge >= 0.3 is 0 Å². The summed E-state index contributed by atoms with van der Waals surface area (Å²) in [5, 5.41) is 0. The van der Waals surface area contributed by atoms with Crippen LogP contribution >= 0.6 is 0 Å². The smallest absolute Gasteiger partial charge is 0.225 e. The zero-order chi connectivity index (χ0) is 19.9. The van der Waals surface area contributed by atoms with Gasteiger partial charge in [0, 0.05) is 37.5 Å². The minimum Gasteiger partial charge on any atom is -0.297 e. The molecule has 2 aromatic rings. The molecule has 0 fully saturated rings. The van der Waals surface area contributed by atoms with Crippen molar-refractivity contribution in [3.05, 3.63) is 59.3 Å². The lowest BCUT2D eigenvalue weighted by Crippen LogP contribution is -2.26. The monoisotopic (exact) mass is 378 g/mol. The van der Waals surface area contributed by atoms with Crippen LogP contribution in [0.1, 0.15) is 68.1 Å². The second kappa shape index (κ2) is 9.58. The van der Waals surface area contributed by atoms with E-state index in [1.54, 1.807) is 11.8 Å². The molecule has 1 amide bonds. The number of aromatic nitrogens is 3. The number of aryl methyl sites for hydroxylation is 2. The fraction of sp³-hybridized carbons (Fsp3) is 0.478. The van der Waals surface area contributed by atoms with Crippen molar-refractivity contribution in [2.75, 3.05) is 11.4 Å². The minimum atomic E-state index is 0.0815. The minimum absolute atomic E-state index is 0.0815. The SMILES string of the molecule is CCC(/C=C/CCCCc1ccc2c(n1)N(C(C)=O)CC2)c1cnc(C)nc1. The molecule has 0 aliphatic carbocycles. The summed E-state index contributed by atoms with van der Waals surface area (Å²) < 4.78 is 0. The Morgan fingerprint density at radius 2 is 2.04 bits per heavy atom. The Hall–Kier alpha value is -2.56. The molecule has 0 aromatic carbocycles. The lowest BCUT2D eigenvalue weighted by Gasteiger charge is -2.14. The van der Waals surface area contributed by atoms with Gasteiger partial charge in [-0.3, -0.25) is 9.69 Å². The number of hydrogen-bond acceptors (Lipinski definition) is 4. The molecule has 3 heterocycles. The molecular formula is C23H30N4O. The van der Waals surface area contributed by atoms with E-state index < -0.39 is 0 Å². The molecule has 0 bridgehead atoms. The van der Waals surface area contributed by atoms with Gasteiger partial charge in [-0.1, -0.05) is 25.1 Å². The van der Waals surface area contributed by atoms with E-state index in [4.69, 9.17) is 4.98 Å². The van der Waals surface area contributed by atoms with Gasteiger partial charge in [-0.25, -0.2) is 15.0 Å². The van der Waals surface area contributed by atoms with Crippen LogP contribution in [0, 0.1) is 6.92 Å². The highest BCUT2D eigenvalue weighted by Crippen LogP contribution is 2.26. The number of unbranched alkanes of at least 4 members (excludes halogenated alkanes) is 2. The topological polar surface area (TPSA) is 59.0 Å². The Kier molecular flexibility index (Phi) is 6.90. The third kappa shape index (κ3) is 5.03. The predicted molar refractivity (Wildman–Crippen MR) is 112 cm³/mol. The average Bonchev–Trinajstić information content (AvgIpc) is 3.12. The van der Waals surface area contributed by atoms with Crippen LogP contribution in [0.3, 0.4) is 0 Å². The van der Waals surface area contributed by atoms with Gasteiger partial charge in [-0.2, -0.15) is 0 Å². The Labute approximate surface area is 167 Å². The number of carbonyl (C=O) groups excluding carboxylic acids is 1. The molecular weight excluding hydrogens is 348 g/mol. The van der Waals surface area contributed by atoms with Crippen molar-refractivity contribution in [2.45, 2.75) is 65.2 Å². The molecule has 1 aliphatic heterocycles. The molecule has 0 spiro atoms. The first-order chi connectivity index (χ1) is 13.6. The van der Waals surface area contributed by atoms with Gasteiger partial charge in [-0.15, -0.1) is 0 Å². The number of amides is 1. The van der Waals surface area contributed by atoms with E-state index in [-0.39, 0.29) is 5.91 Å². The van der Waals surface area contributed by atoms with E-state index in [0.717, 1.165) is 62.4 Å². The van der Waals surface area contributed by atoms with Crippen LogP contribution in [0.4, 0.5) is 5.82 Å². The van der Waals surface area contributed by atoms with Crippen LogP contribution in [-0.4, -0.2) is 27.4 Å². The average molecular weight is 379 g/mol. The maximum atomic E-state index is 11.7. The second-order valence-corrected chi connectivity index (χ2v) is 7.46. The summed E-state index contributed by atoms with van der Waals surface area (Å²) in [6.45, 7) is 6.48. The number of pyridine rings is 1. The normalized spacial score (nSPS) is 14.5. The second-order valence-electron chi connectivity index (χ2n) is 7.46. The number of nitrogens with zero attached hydrogens (tertiary/aromatic N) is 4. The van der Waals surface area contributed by atoms with E-state index in [0.29, 0.717) is 5.92 Å². The first-order valence-electron chi connectivity index (χ1n) is 10.3. The highest BCUT2D eigenvalue weighted by atomic mass is 16.2. The molecule has 5 nitrogen and oxygen atoms in total. The number of fused-ring (bicyclic) bond motifs is 1. The maximum Gasteiger partial charge on any atom is 0.225 e. The Morgan fingerprint density at radius 3 is 2.75 bits per heavy atom. The van der Waals surface area contributed by atoms with Gasteiger partial charge in [0.2, 0.25) is 5.91 Å². The van der Waals surface area contributed by atoms with Crippen molar-refractivity contribution in [1.29, 1.82) is 0 Å². The maximum absolute atomic E-state index is 11.7. The first-order valence-corrected chi connectivity index (χ1v) is 10.3. The van der Waals surface area contributed by atoms with Crippen molar-refractivity contribution < 1.29 is 4.79 Å². The summed E-state index contributed by atoms with van der Waals surface area (Å²) in [5.41, 5.74) is 3.45. The molecule has 0 radical (unpaired) electrons. The van der Waals surface area contributed by atoms with Gasteiger partial charge < -0.3 is 0 Å². The largest absolute Gasteiger partial charge is 0.297 e. The van der Waals surface area contributed by atoms with Crippen LogP contribution in [0.2, 0.25) is 0 Å². The van der Waals surface area contributed by atoms with Gasteiger partial charge in [0.05, 0.1) is 0 Å². The number of hydrogen-bond donors (Lipinski definition) is 0. The summed E-state index contributed by atoms with van der Waals surface area (Å²) in [4.78, 5) is 26.9. The quantitative estimate of drug-likeness (QED) is 0.499. The molecule has 3 rings (SSSR count). The first kappa shape index (κ1) is 20.2. The van der Waals surface area contributed by atoms with Gasteiger partial charge in [0.25, 0.3) is 0 Å². The predicted octanol–water partition coefficient (Wildman–Crippen LogP) is 4.55. The third-order valence-electron chi connectivity index (χ3n) is 5.35. The molecule has 1 atom stereocenters. The number of carbonyl (C=O) groups is 1. The lowest BCUT2D eigenvalue weighted by atomic mass is 9.98. The van der Waals surface area contributed by atoms with Crippen LogP contribution < -0.4 is 4.90 Å². The molecule has 148 valence electrons. The Bertz CT molecular complexity index is 829. The number of allylic oxidation sites excluding steroid dienone is 2. The number of anilines is 1. The molecule has 5 heteroatoms. The third-order valence-corrected chi connectivity index (χ3v) is 5.35. The summed E-state index contributed by atoms with van der Waals surface area (Å²) >= 11 is 0. The molecule has 0 saturated heterocycles. The zero-order valence-electron chi connectivity index (χ0n) is 17.2. The fourth-order valence-corrected chi connectivity index (χ4v) is 3.63. The molecule has 1 aliphatic rings. The summed E-state index contributed by atoms with van der Waals surface area (Å²) in [6, 6.07) is 4.25.